The maximum absolute atomic E-state index is 8.68. The van der Waals surface area contributed by atoms with Crippen LogP contribution in [0, 0.1) is 11.8 Å². The van der Waals surface area contributed by atoms with Gasteiger partial charge in [0.15, 0.2) is 0 Å². The molecule has 5 heteroatoms. The average Bonchev–Trinajstić information content (AvgIpc) is 2.94. The summed E-state index contributed by atoms with van der Waals surface area (Å²) in [6.07, 6.45) is 7.54. The van der Waals surface area contributed by atoms with E-state index in [0.717, 1.165) is 17.7 Å². The third-order valence-electron chi connectivity index (χ3n) is 2.60. The zero-order valence-electron chi connectivity index (χ0n) is 11.4. The van der Waals surface area contributed by atoms with E-state index in [-0.39, 0.29) is 6.61 Å². The molecule has 0 spiro atoms. The van der Waals surface area contributed by atoms with Gasteiger partial charge in [-0.1, -0.05) is 11.8 Å². The molecule has 2 rings (SSSR count). The minimum absolute atomic E-state index is 0.0675. The van der Waals surface area contributed by atoms with Crippen molar-refractivity contribution in [1.29, 1.82) is 0 Å². The quantitative estimate of drug-likeness (QED) is 0.839. The van der Waals surface area contributed by atoms with Crippen molar-refractivity contribution in [3.63, 3.8) is 0 Å². The molecule has 0 saturated carbocycles. The molecule has 0 aliphatic carbocycles. The summed E-state index contributed by atoms with van der Waals surface area (Å²) in [6.45, 7) is 3.40. The number of nitrogens with zero attached hydrogens (tertiary/aromatic N) is 3. The van der Waals surface area contributed by atoms with E-state index < -0.39 is 0 Å². The minimum Gasteiger partial charge on any atom is -0.487 e. The fraction of sp³-hybridized carbons (Fsp3) is 0.333. The van der Waals surface area contributed by atoms with Crippen molar-refractivity contribution < 1.29 is 9.84 Å². The van der Waals surface area contributed by atoms with Crippen LogP contribution < -0.4 is 4.74 Å². The second-order valence-electron chi connectivity index (χ2n) is 4.18. The summed E-state index contributed by atoms with van der Waals surface area (Å²) in [5, 5.41) is 12.9. The van der Waals surface area contributed by atoms with Crippen molar-refractivity contribution in [1.82, 2.24) is 14.8 Å². The monoisotopic (exact) mass is 271 g/mol. The molecule has 2 heterocycles. The average molecular weight is 271 g/mol. The van der Waals surface area contributed by atoms with Crippen LogP contribution in [0.4, 0.5) is 0 Å². The first kappa shape index (κ1) is 14.1. The summed E-state index contributed by atoms with van der Waals surface area (Å²) in [6, 6.07) is 1.83. The number of ether oxygens (including phenoxy) is 1. The molecule has 0 aliphatic rings. The van der Waals surface area contributed by atoms with Crippen molar-refractivity contribution in [3.8, 4) is 17.6 Å². The fourth-order valence-electron chi connectivity index (χ4n) is 1.61. The van der Waals surface area contributed by atoms with Gasteiger partial charge < -0.3 is 9.84 Å². The van der Waals surface area contributed by atoms with E-state index in [1.165, 1.54) is 0 Å². The number of hydrogen-bond donors (Lipinski definition) is 1. The van der Waals surface area contributed by atoms with Crippen molar-refractivity contribution in [2.24, 2.45) is 0 Å². The summed E-state index contributed by atoms with van der Waals surface area (Å²) in [7, 11) is 0. The lowest BCUT2D eigenvalue weighted by Crippen LogP contribution is -1.96. The molecule has 0 amide bonds. The molecule has 1 N–H and O–H groups in total. The van der Waals surface area contributed by atoms with Gasteiger partial charge in [-0.05, 0) is 13.0 Å². The second-order valence-corrected chi connectivity index (χ2v) is 4.18. The van der Waals surface area contributed by atoms with Gasteiger partial charge in [0, 0.05) is 36.5 Å². The molecule has 0 radical (unpaired) electrons. The molecule has 2 aromatic rings. The summed E-state index contributed by atoms with van der Waals surface area (Å²) < 4.78 is 7.52. The molecule has 0 aliphatic heterocycles. The number of hydrogen-bond acceptors (Lipinski definition) is 4. The highest BCUT2D eigenvalue weighted by Gasteiger charge is 2.00. The first-order chi connectivity index (χ1) is 9.81. The van der Waals surface area contributed by atoms with E-state index in [0.29, 0.717) is 18.8 Å². The van der Waals surface area contributed by atoms with E-state index in [4.69, 9.17) is 9.84 Å². The van der Waals surface area contributed by atoms with Crippen LogP contribution in [0.5, 0.6) is 5.75 Å². The SMILES string of the molecule is CCn1cc(COc2cncc(C#CCCO)c2)cn1. The molecule has 0 fully saturated rings. The number of pyridine rings is 1. The van der Waals surface area contributed by atoms with E-state index in [1.807, 2.05) is 23.9 Å². The lowest BCUT2D eigenvalue weighted by atomic mass is 10.2. The molecular formula is C15H17N3O2. The van der Waals surface area contributed by atoms with Crippen LogP contribution in [0.2, 0.25) is 0 Å². The Hall–Kier alpha value is -2.32. The zero-order chi connectivity index (χ0) is 14.2. The van der Waals surface area contributed by atoms with E-state index in [1.54, 1.807) is 18.6 Å². The van der Waals surface area contributed by atoms with Gasteiger partial charge >= 0.3 is 0 Å². The highest BCUT2D eigenvalue weighted by atomic mass is 16.5. The predicted octanol–water partition coefficient (Wildman–Crippen LogP) is 1.61. The van der Waals surface area contributed by atoms with Crippen molar-refractivity contribution in [2.75, 3.05) is 6.61 Å². The van der Waals surface area contributed by atoms with Crippen LogP contribution >= 0.6 is 0 Å². The van der Waals surface area contributed by atoms with E-state index >= 15 is 0 Å². The molecule has 0 atom stereocenters. The molecule has 2 aromatic heterocycles. The first-order valence-corrected chi connectivity index (χ1v) is 6.50. The molecule has 0 unspecified atom stereocenters. The largest absolute Gasteiger partial charge is 0.487 e. The molecule has 0 aromatic carbocycles. The Balaban J connectivity index is 1.96. The predicted molar refractivity (Wildman–Crippen MR) is 75.1 cm³/mol. The smallest absolute Gasteiger partial charge is 0.139 e. The van der Waals surface area contributed by atoms with Gasteiger partial charge in [-0.15, -0.1) is 0 Å². The zero-order valence-corrected chi connectivity index (χ0v) is 11.4. The molecule has 5 nitrogen and oxygen atoms in total. The van der Waals surface area contributed by atoms with Gasteiger partial charge in [0.25, 0.3) is 0 Å². The van der Waals surface area contributed by atoms with Gasteiger partial charge in [0.2, 0.25) is 0 Å². The Morgan fingerprint density at radius 3 is 3.00 bits per heavy atom. The Bertz CT molecular complexity index is 611. The second kappa shape index (κ2) is 7.31. The number of aliphatic hydroxyl groups excluding tert-OH is 1. The summed E-state index contributed by atoms with van der Waals surface area (Å²) in [5.74, 6) is 6.45. The van der Waals surface area contributed by atoms with Crippen LogP contribution in [-0.2, 0) is 13.2 Å². The summed E-state index contributed by atoms with van der Waals surface area (Å²) in [5.41, 5.74) is 1.80. The Labute approximate surface area is 118 Å². The normalized spacial score (nSPS) is 9.90. The van der Waals surface area contributed by atoms with Gasteiger partial charge in [0.05, 0.1) is 19.0 Å². The lowest BCUT2D eigenvalue weighted by molar-refractivity contribution is 0.304. The first-order valence-electron chi connectivity index (χ1n) is 6.50. The van der Waals surface area contributed by atoms with Crippen LogP contribution in [-0.4, -0.2) is 26.5 Å². The van der Waals surface area contributed by atoms with Crippen molar-refractivity contribution >= 4 is 0 Å². The van der Waals surface area contributed by atoms with Crippen LogP contribution in [0.1, 0.15) is 24.5 Å². The Morgan fingerprint density at radius 1 is 1.35 bits per heavy atom. The van der Waals surface area contributed by atoms with Crippen LogP contribution in [0.15, 0.2) is 30.9 Å². The standard InChI is InChI=1S/C15H17N3O2/c1-2-18-11-14(9-17-18)12-20-15-7-13(8-16-10-15)5-3-4-6-19/h7-11,19H,2,4,6,12H2,1H3. The lowest BCUT2D eigenvalue weighted by Gasteiger charge is -2.04. The topological polar surface area (TPSA) is 60.2 Å². The molecule has 104 valence electrons. The van der Waals surface area contributed by atoms with Crippen LogP contribution in [0.3, 0.4) is 0 Å². The van der Waals surface area contributed by atoms with Crippen molar-refractivity contribution in [2.45, 2.75) is 26.5 Å². The maximum Gasteiger partial charge on any atom is 0.139 e. The van der Waals surface area contributed by atoms with E-state index in [2.05, 4.69) is 21.9 Å². The maximum atomic E-state index is 8.68. The summed E-state index contributed by atoms with van der Waals surface area (Å²) in [4.78, 5) is 4.09. The Morgan fingerprint density at radius 2 is 2.25 bits per heavy atom. The number of aliphatic hydroxyl groups is 1. The Kier molecular flexibility index (Phi) is 5.15. The highest BCUT2D eigenvalue weighted by Crippen LogP contribution is 2.12. The van der Waals surface area contributed by atoms with Gasteiger partial charge in [-0.2, -0.15) is 5.10 Å². The van der Waals surface area contributed by atoms with Crippen LogP contribution in [0.25, 0.3) is 0 Å². The third kappa shape index (κ3) is 4.11. The highest BCUT2D eigenvalue weighted by molar-refractivity contribution is 5.36. The number of aryl methyl sites for hydroxylation is 1. The van der Waals surface area contributed by atoms with Gasteiger partial charge in [-0.3, -0.25) is 9.67 Å². The summed E-state index contributed by atoms with van der Waals surface area (Å²) >= 11 is 0. The van der Waals surface area contributed by atoms with Gasteiger partial charge in [0.1, 0.15) is 12.4 Å². The molecule has 0 saturated heterocycles. The third-order valence-corrected chi connectivity index (χ3v) is 2.60. The molecular weight excluding hydrogens is 254 g/mol. The number of aromatic nitrogens is 3. The van der Waals surface area contributed by atoms with E-state index in [9.17, 15) is 0 Å². The fourth-order valence-corrected chi connectivity index (χ4v) is 1.61. The number of rotatable bonds is 5. The molecule has 20 heavy (non-hydrogen) atoms. The molecule has 0 bridgehead atoms. The van der Waals surface area contributed by atoms with Crippen molar-refractivity contribution in [3.05, 3.63) is 42.0 Å². The minimum atomic E-state index is 0.0675. The van der Waals surface area contributed by atoms with Gasteiger partial charge in [-0.25, -0.2) is 0 Å².